The number of halogens is 1. The maximum atomic E-state index is 14.8. The van der Waals surface area contributed by atoms with Crippen LogP contribution >= 0.6 is 0 Å². The average molecular weight is 382 g/mol. The molecule has 0 aliphatic carbocycles. The van der Waals surface area contributed by atoms with Crippen LogP contribution in [-0.2, 0) is 18.3 Å². The van der Waals surface area contributed by atoms with E-state index in [2.05, 4.69) is 15.4 Å². The molecule has 1 amide bonds. The Morgan fingerprint density at radius 1 is 1.29 bits per heavy atom. The van der Waals surface area contributed by atoms with Crippen LogP contribution in [0.25, 0.3) is 11.3 Å². The Hall–Kier alpha value is -3.22. The number of hydrogen-bond donors (Lipinski definition) is 1. The summed E-state index contributed by atoms with van der Waals surface area (Å²) >= 11 is 0. The van der Waals surface area contributed by atoms with Gasteiger partial charge in [0.25, 0.3) is 0 Å². The van der Waals surface area contributed by atoms with Gasteiger partial charge in [-0.2, -0.15) is 5.10 Å². The minimum absolute atomic E-state index is 0.217. The number of carbonyl (C=O) groups is 1. The third-order valence-electron chi connectivity index (χ3n) is 4.56. The highest BCUT2D eigenvalue weighted by Crippen LogP contribution is 2.29. The van der Waals surface area contributed by atoms with Gasteiger partial charge in [-0.3, -0.25) is 14.5 Å². The van der Waals surface area contributed by atoms with Gasteiger partial charge in [-0.15, -0.1) is 0 Å². The van der Waals surface area contributed by atoms with Crippen molar-refractivity contribution in [2.24, 2.45) is 7.05 Å². The molecular formula is C21H23FN4O2. The predicted octanol–water partition coefficient (Wildman–Crippen LogP) is 2.95. The van der Waals surface area contributed by atoms with E-state index >= 15 is 0 Å². The van der Waals surface area contributed by atoms with E-state index in [0.29, 0.717) is 24.9 Å². The third kappa shape index (κ3) is 4.36. The number of nitrogens with one attached hydrogen (secondary N) is 1. The third-order valence-corrected chi connectivity index (χ3v) is 4.56. The summed E-state index contributed by atoms with van der Waals surface area (Å²) in [6.07, 6.45) is 6.67. The maximum absolute atomic E-state index is 14.8. The van der Waals surface area contributed by atoms with Crippen molar-refractivity contribution < 1.29 is 13.9 Å². The molecule has 3 aromatic rings. The molecule has 0 aliphatic rings. The lowest BCUT2D eigenvalue weighted by Gasteiger charge is -2.15. The fourth-order valence-electron chi connectivity index (χ4n) is 3.02. The summed E-state index contributed by atoms with van der Waals surface area (Å²) in [5, 5.41) is 6.65. The van der Waals surface area contributed by atoms with E-state index in [-0.39, 0.29) is 18.2 Å². The first-order valence-electron chi connectivity index (χ1n) is 9.02. The number of aromatic nitrogens is 3. The van der Waals surface area contributed by atoms with Gasteiger partial charge in [0.1, 0.15) is 6.61 Å². The average Bonchev–Trinajstić information content (AvgIpc) is 3.12. The van der Waals surface area contributed by atoms with Crippen molar-refractivity contribution in [2.75, 3.05) is 13.2 Å². The maximum Gasteiger partial charge on any atom is 0.207 e. The number of amides is 1. The summed E-state index contributed by atoms with van der Waals surface area (Å²) < 4.78 is 22.0. The van der Waals surface area contributed by atoms with E-state index in [0.717, 1.165) is 27.9 Å². The molecule has 0 unspecified atom stereocenters. The number of aryl methyl sites for hydroxylation is 2. The summed E-state index contributed by atoms with van der Waals surface area (Å²) in [5.41, 5.74) is 4.98. The summed E-state index contributed by atoms with van der Waals surface area (Å²) in [5.74, 6) is -0.125. The quantitative estimate of drug-likeness (QED) is 0.480. The zero-order valence-corrected chi connectivity index (χ0v) is 16.2. The van der Waals surface area contributed by atoms with Gasteiger partial charge in [-0.25, -0.2) is 4.39 Å². The summed E-state index contributed by atoms with van der Waals surface area (Å²) in [4.78, 5) is 14.8. The van der Waals surface area contributed by atoms with Gasteiger partial charge in [0.05, 0.1) is 18.4 Å². The lowest BCUT2D eigenvalue weighted by molar-refractivity contribution is -0.109. The molecule has 6 nitrogen and oxygen atoms in total. The van der Waals surface area contributed by atoms with Crippen LogP contribution in [0.2, 0.25) is 0 Å². The van der Waals surface area contributed by atoms with Crippen molar-refractivity contribution in [1.82, 2.24) is 20.1 Å². The SMILES string of the molecule is Cc1cc(Cc2ccc(-c3cnn(C)c3)nc2)c(C)c(F)c1OCCNC=O. The molecule has 0 bridgehead atoms. The molecule has 146 valence electrons. The smallest absolute Gasteiger partial charge is 0.207 e. The van der Waals surface area contributed by atoms with Crippen molar-refractivity contribution in [3.05, 3.63) is 64.9 Å². The molecule has 0 fully saturated rings. The monoisotopic (exact) mass is 382 g/mol. The first kappa shape index (κ1) is 19.5. The van der Waals surface area contributed by atoms with Crippen LogP contribution < -0.4 is 10.1 Å². The summed E-state index contributed by atoms with van der Waals surface area (Å²) in [7, 11) is 1.86. The highest BCUT2D eigenvalue weighted by atomic mass is 19.1. The second kappa shape index (κ2) is 8.65. The predicted molar refractivity (Wildman–Crippen MR) is 105 cm³/mol. The van der Waals surface area contributed by atoms with Crippen LogP contribution in [0.3, 0.4) is 0 Å². The number of rotatable bonds is 8. The van der Waals surface area contributed by atoms with Gasteiger partial charge in [0.2, 0.25) is 6.41 Å². The molecule has 2 heterocycles. The van der Waals surface area contributed by atoms with E-state index in [9.17, 15) is 9.18 Å². The highest BCUT2D eigenvalue weighted by Gasteiger charge is 2.15. The van der Waals surface area contributed by atoms with Crippen LogP contribution in [0.4, 0.5) is 4.39 Å². The van der Waals surface area contributed by atoms with Gasteiger partial charge in [-0.05, 0) is 48.6 Å². The molecule has 0 atom stereocenters. The first-order valence-corrected chi connectivity index (χ1v) is 9.02. The number of benzene rings is 1. The number of hydrogen-bond acceptors (Lipinski definition) is 4. The zero-order valence-electron chi connectivity index (χ0n) is 16.2. The molecule has 0 aliphatic heterocycles. The van der Waals surface area contributed by atoms with Crippen molar-refractivity contribution in [1.29, 1.82) is 0 Å². The van der Waals surface area contributed by atoms with Crippen molar-refractivity contribution >= 4 is 6.41 Å². The Balaban J connectivity index is 1.76. The number of ether oxygens (including phenoxy) is 1. The van der Waals surface area contributed by atoms with Crippen LogP contribution in [0, 0.1) is 19.7 Å². The Labute approximate surface area is 163 Å². The fourth-order valence-corrected chi connectivity index (χ4v) is 3.02. The highest BCUT2D eigenvalue weighted by molar-refractivity contribution is 5.57. The Morgan fingerprint density at radius 2 is 2.11 bits per heavy atom. The van der Waals surface area contributed by atoms with E-state index in [1.54, 1.807) is 17.8 Å². The minimum Gasteiger partial charge on any atom is -0.488 e. The molecule has 28 heavy (non-hydrogen) atoms. The van der Waals surface area contributed by atoms with Gasteiger partial charge >= 0.3 is 0 Å². The van der Waals surface area contributed by atoms with Gasteiger partial charge in [0.15, 0.2) is 11.6 Å². The molecule has 0 saturated heterocycles. The Kier molecular flexibility index (Phi) is 6.03. The normalized spacial score (nSPS) is 10.7. The number of nitrogens with zero attached hydrogens (tertiary/aromatic N) is 3. The molecular weight excluding hydrogens is 359 g/mol. The van der Waals surface area contributed by atoms with Gasteiger partial charge in [0, 0.05) is 25.0 Å². The van der Waals surface area contributed by atoms with Crippen LogP contribution in [0.15, 0.2) is 36.8 Å². The number of carbonyl (C=O) groups excluding carboxylic acids is 1. The largest absolute Gasteiger partial charge is 0.488 e. The minimum atomic E-state index is -0.360. The number of pyridine rings is 1. The molecule has 3 rings (SSSR count). The molecule has 0 radical (unpaired) electrons. The zero-order chi connectivity index (χ0) is 20.1. The second-order valence-corrected chi connectivity index (χ2v) is 6.67. The topological polar surface area (TPSA) is 69.0 Å². The molecule has 2 aromatic heterocycles. The van der Waals surface area contributed by atoms with Gasteiger partial charge in [-0.1, -0.05) is 12.1 Å². The van der Waals surface area contributed by atoms with Crippen molar-refractivity contribution in [3.63, 3.8) is 0 Å². The summed E-state index contributed by atoms with van der Waals surface area (Å²) in [6.45, 7) is 4.11. The van der Waals surface area contributed by atoms with E-state index in [1.807, 2.05) is 44.6 Å². The molecule has 0 spiro atoms. The molecule has 1 aromatic carbocycles. The standard InChI is InChI=1S/C21H23FN4O2/c1-14-8-17(15(2)20(22)21(14)28-7-6-23-13-27)9-16-4-5-19(24-10-16)18-11-25-26(3)12-18/h4-5,8,10-13H,6-7,9H2,1-3H3,(H,23,27). The Morgan fingerprint density at radius 3 is 2.75 bits per heavy atom. The van der Waals surface area contributed by atoms with Gasteiger partial charge < -0.3 is 10.1 Å². The van der Waals surface area contributed by atoms with Crippen LogP contribution in [0.1, 0.15) is 22.3 Å². The second-order valence-electron chi connectivity index (χ2n) is 6.67. The van der Waals surface area contributed by atoms with E-state index < -0.39 is 0 Å². The van der Waals surface area contributed by atoms with Crippen molar-refractivity contribution in [2.45, 2.75) is 20.3 Å². The lowest BCUT2D eigenvalue weighted by Crippen LogP contribution is -2.19. The van der Waals surface area contributed by atoms with Crippen LogP contribution in [0.5, 0.6) is 5.75 Å². The molecule has 1 N–H and O–H groups in total. The van der Waals surface area contributed by atoms with E-state index in [1.165, 1.54) is 0 Å². The first-order chi connectivity index (χ1) is 13.5. The van der Waals surface area contributed by atoms with Crippen LogP contribution in [-0.4, -0.2) is 34.3 Å². The van der Waals surface area contributed by atoms with E-state index in [4.69, 9.17) is 4.74 Å². The molecule has 7 heteroatoms. The Bertz CT molecular complexity index is 967. The molecule has 0 saturated carbocycles. The lowest BCUT2D eigenvalue weighted by atomic mass is 9.98. The van der Waals surface area contributed by atoms with Crippen molar-refractivity contribution in [3.8, 4) is 17.0 Å². The summed E-state index contributed by atoms with van der Waals surface area (Å²) in [6, 6.07) is 5.88. The fraction of sp³-hybridized carbons (Fsp3) is 0.286.